The van der Waals surface area contributed by atoms with E-state index < -0.39 is 0 Å². The molecule has 1 aromatic carbocycles. The Balaban J connectivity index is 1.75. The Morgan fingerprint density at radius 3 is 2.73 bits per heavy atom. The number of amides is 1. The van der Waals surface area contributed by atoms with Gasteiger partial charge in [0.1, 0.15) is 5.69 Å². The minimum atomic E-state index is -0.332. The minimum Gasteiger partial charge on any atom is -0.364 e. The van der Waals surface area contributed by atoms with Crippen LogP contribution in [0.2, 0.25) is 0 Å². The Kier molecular flexibility index (Phi) is 3.76. The summed E-state index contributed by atoms with van der Waals surface area (Å²) in [6, 6.07) is 5.44. The van der Waals surface area contributed by atoms with Gasteiger partial charge in [-0.05, 0) is 37.8 Å². The van der Waals surface area contributed by atoms with E-state index in [0.717, 1.165) is 31.4 Å². The van der Waals surface area contributed by atoms with Crippen LogP contribution in [0.1, 0.15) is 24.8 Å². The molecule has 1 unspecified atom stereocenters. The van der Waals surface area contributed by atoms with Gasteiger partial charge in [-0.3, -0.25) is 14.9 Å². The van der Waals surface area contributed by atoms with Gasteiger partial charge in [0.05, 0.1) is 4.92 Å². The molecule has 1 saturated carbocycles. The van der Waals surface area contributed by atoms with E-state index in [9.17, 15) is 14.9 Å². The molecule has 22 heavy (non-hydrogen) atoms. The lowest BCUT2D eigenvalue weighted by atomic mass is 10.1. The molecule has 1 atom stereocenters. The lowest BCUT2D eigenvalue weighted by Gasteiger charge is -2.26. The fourth-order valence-electron chi connectivity index (χ4n) is 3.12. The largest absolute Gasteiger partial charge is 0.364 e. The first-order chi connectivity index (χ1) is 10.5. The molecule has 1 heterocycles. The van der Waals surface area contributed by atoms with Gasteiger partial charge in [0.15, 0.2) is 0 Å². The molecule has 1 aromatic rings. The predicted octanol–water partition coefficient (Wildman–Crippen LogP) is 2.35. The molecule has 3 rings (SSSR count). The SMILES string of the molecule is Cc1ccc(N(C)C2CCN(C(=O)C3CC3)C2)c([N+](=O)[O-])c1. The molecule has 1 aliphatic carbocycles. The van der Waals surface area contributed by atoms with E-state index in [1.165, 1.54) is 0 Å². The third kappa shape index (κ3) is 2.77. The lowest BCUT2D eigenvalue weighted by Crippen LogP contribution is -2.37. The van der Waals surface area contributed by atoms with Crippen molar-refractivity contribution in [3.8, 4) is 0 Å². The molecule has 1 saturated heterocycles. The highest BCUT2D eigenvalue weighted by molar-refractivity contribution is 5.81. The Hall–Kier alpha value is -2.11. The number of nitrogens with zero attached hydrogens (tertiary/aromatic N) is 3. The standard InChI is InChI=1S/C16H21N3O3/c1-11-3-6-14(15(9-11)19(21)22)17(2)13-7-8-18(10-13)16(20)12-4-5-12/h3,6,9,12-13H,4-5,7-8,10H2,1-2H3. The van der Waals surface area contributed by atoms with Crippen LogP contribution < -0.4 is 4.90 Å². The minimum absolute atomic E-state index is 0.134. The third-order valence-corrected chi connectivity index (χ3v) is 4.66. The highest BCUT2D eigenvalue weighted by Crippen LogP contribution is 2.34. The number of aryl methyl sites for hydroxylation is 1. The van der Waals surface area contributed by atoms with Gasteiger partial charge in [-0.25, -0.2) is 0 Å². The van der Waals surface area contributed by atoms with Crippen LogP contribution in [0.3, 0.4) is 0 Å². The van der Waals surface area contributed by atoms with Crippen molar-refractivity contribution in [2.24, 2.45) is 5.92 Å². The molecule has 1 aliphatic heterocycles. The van der Waals surface area contributed by atoms with Crippen LogP contribution in [0.4, 0.5) is 11.4 Å². The van der Waals surface area contributed by atoms with E-state index in [1.54, 1.807) is 12.1 Å². The van der Waals surface area contributed by atoms with E-state index in [-0.39, 0.29) is 28.5 Å². The van der Waals surface area contributed by atoms with Gasteiger partial charge in [0, 0.05) is 38.2 Å². The molecule has 2 aliphatic rings. The fraction of sp³-hybridized carbons (Fsp3) is 0.562. The Morgan fingerprint density at radius 2 is 2.09 bits per heavy atom. The van der Waals surface area contributed by atoms with E-state index in [0.29, 0.717) is 12.2 Å². The smallest absolute Gasteiger partial charge is 0.292 e. The van der Waals surface area contributed by atoms with E-state index in [4.69, 9.17) is 0 Å². The Bertz CT molecular complexity index is 613. The maximum Gasteiger partial charge on any atom is 0.292 e. The zero-order valence-corrected chi connectivity index (χ0v) is 13.0. The zero-order chi connectivity index (χ0) is 15.9. The van der Waals surface area contributed by atoms with Crippen LogP contribution in [-0.2, 0) is 4.79 Å². The van der Waals surface area contributed by atoms with Crippen molar-refractivity contribution in [3.05, 3.63) is 33.9 Å². The average Bonchev–Trinajstić information content (AvgIpc) is 3.22. The predicted molar refractivity (Wildman–Crippen MR) is 83.9 cm³/mol. The summed E-state index contributed by atoms with van der Waals surface area (Å²) in [6.45, 7) is 3.27. The summed E-state index contributed by atoms with van der Waals surface area (Å²) in [5, 5.41) is 11.3. The summed E-state index contributed by atoms with van der Waals surface area (Å²) in [6.07, 6.45) is 2.89. The van der Waals surface area contributed by atoms with Crippen molar-refractivity contribution >= 4 is 17.3 Å². The molecule has 118 valence electrons. The Morgan fingerprint density at radius 1 is 1.36 bits per heavy atom. The van der Waals surface area contributed by atoms with Gasteiger partial charge in [-0.1, -0.05) is 6.07 Å². The van der Waals surface area contributed by atoms with Gasteiger partial charge in [-0.2, -0.15) is 0 Å². The molecule has 6 heteroatoms. The number of carbonyl (C=O) groups is 1. The molecule has 0 aromatic heterocycles. The highest BCUT2D eigenvalue weighted by atomic mass is 16.6. The Labute approximate surface area is 129 Å². The van der Waals surface area contributed by atoms with Crippen LogP contribution in [-0.4, -0.2) is 41.9 Å². The molecule has 0 radical (unpaired) electrons. The van der Waals surface area contributed by atoms with Gasteiger partial charge < -0.3 is 9.80 Å². The normalized spacial score (nSPS) is 21.0. The summed E-state index contributed by atoms with van der Waals surface area (Å²) in [5.74, 6) is 0.493. The second-order valence-corrected chi connectivity index (χ2v) is 6.36. The second kappa shape index (κ2) is 5.59. The van der Waals surface area contributed by atoms with Gasteiger partial charge >= 0.3 is 0 Å². The van der Waals surface area contributed by atoms with Crippen LogP contribution in [0.5, 0.6) is 0 Å². The molecule has 0 spiro atoms. The number of benzene rings is 1. The first-order valence-corrected chi connectivity index (χ1v) is 7.74. The molecule has 0 bridgehead atoms. The second-order valence-electron chi connectivity index (χ2n) is 6.36. The van der Waals surface area contributed by atoms with Crippen LogP contribution >= 0.6 is 0 Å². The number of likely N-dealkylation sites (tertiary alicyclic amines) is 1. The summed E-state index contributed by atoms with van der Waals surface area (Å²) in [4.78, 5) is 26.9. The number of rotatable bonds is 4. The first-order valence-electron chi connectivity index (χ1n) is 7.74. The first kappa shape index (κ1) is 14.8. The maximum atomic E-state index is 12.1. The molecule has 0 N–H and O–H groups in total. The summed E-state index contributed by atoms with van der Waals surface area (Å²) < 4.78 is 0. The summed E-state index contributed by atoms with van der Waals surface area (Å²) in [5.41, 5.74) is 1.64. The van der Waals surface area contributed by atoms with Crippen LogP contribution in [0.15, 0.2) is 18.2 Å². The van der Waals surface area contributed by atoms with Gasteiger partial charge in [-0.15, -0.1) is 0 Å². The van der Waals surface area contributed by atoms with Crippen molar-refractivity contribution in [2.75, 3.05) is 25.0 Å². The molecular weight excluding hydrogens is 282 g/mol. The van der Waals surface area contributed by atoms with Crippen LogP contribution in [0.25, 0.3) is 0 Å². The van der Waals surface area contributed by atoms with E-state index in [1.807, 2.05) is 29.8 Å². The van der Waals surface area contributed by atoms with Gasteiger partial charge in [0.2, 0.25) is 5.91 Å². The molecule has 6 nitrogen and oxygen atoms in total. The number of carbonyl (C=O) groups excluding carboxylic acids is 1. The highest BCUT2D eigenvalue weighted by Gasteiger charge is 2.38. The van der Waals surface area contributed by atoms with Gasteiger partial charge in [0.25, 0.3) is 5.69 Å². The van der Waals surface area contributed by atoms with E-state index >= 15 is 0 Å². The van der Waals surface area contributed by atoms with Crippen molar-refractivity contribution in [1.82, 2.24) is 4.90 Å². The molecular formula is C16H21N3O3. The number of likely N-dealkylation sites (N-methyl/N-ethyl adjacent to an activating group) is 1. The number of nitro benzene ring substituents is 1. The van der Waals surface area contributed by atoms with Crippen molar-refractivity contribution in [1.29, 1.82) is 0 Å². The van der Waals surface area contributed by atoms with Crippen LogP contribution in [0, 0.1) is 23.0 Å². The van der Waals surface area contributed by atoms with Crippen molar-refractivity contribution in [3.63, 3.8) is 0 Å². The monoisotopic (exact) mass is 303 g/mol. The van der Waals surface area contributed by atoms with Crippen molar-refractivity contribution < 1.29 is 9.72 Å². The van der Waals surface area contributed by atoms with E-state index in [2.05, 4.69) is 0 Å². The molecule has 1 amide bonds. The number of hydrogen-bond acceptors (Lipinski definition) is 4. The number of anilines is 1. The van der Waals surface area contributed by atoms with Crippen molar-refractivity contribution in [2.45, 2.75) is 32.2 Å². The number of nitro groups is 1. The fourth-order valence-corrected chi connectivity index (χ4v) is 3.12. The summed E-state index contributed by atoms with van der Waals surface area (Å²) >= 11 is 0. The summed E-state index contributed by atoms with van der Waals surface area (Å²) in [7, 11) is 1.88. The quantitative estimate of drug-likeness (QED) is 0.632. The average molecular weight is 303 g/mol. The topological polar surface area (TPSA) is 66.7 Å². The third-order valence-electron chi connectivity index (χ3n) is 4.66. The number of hydrogen-bond donors (Lipinski definition) is 0. The maximum absolute atomic E-state index is 12.1. The zero-order valence-electron chi connectivity index (χ0n) is 13.0. The lowest BCUT2D eigenvalue weighted by molar-refractivity contribution is -0.384. The molecule has 2 fully saturated rings.